The Bertz CT molecular complexity index is 1620. The largest absolute Gasteiger partial charge is 0.362 e. The average Bonchev–Trinajstić information content (AvgIpc) is 3.88. The van der Waals surface area contributed by atoms with E-state index in [4.69, 9.17) is 9.98 Å². The lowest BCUT2D eigenvalue weighted by atomic mass is 9.83. The maximum atomic E-state index is 4.89. The zero-order valence-corrected chi connectivity index (χ0v) is 25.9. The molecule has 8 heteroatoms. The number of H-pyrrole nitrogens is 2. The fraction of sp³-hybridized carbons (Fsp3) is 0.500. The van der Waals surface area contributed by atoms with Crippen LogP contribution in [0.3, 0.4) is 0 Å². The van der Waals surface area contributed by atoms with Gasteiger partial charge in [0.2, 0.25) is 0 Å². The lowest BCUT2D eigenvalue weighted by molar-refractivity contribution is 0.111. The molecule has 0 saturated carbocycles. The molecule has 0 radical (unpaired) electrons. The Labute approximate surface area is 259 Å². The molecule has 10 rings (SSSR count). The van der Waals surface area contributed by atoms with Gasteiger partial charge in [-0.3, -0.25) is 9.98 Å². The fourth-order valence-corrected chi connectivity index (χ4v) is 9.56. The van der Waals surface area contributed by atoms with Gasteiger partial charge in [-0.2, -0.15) is 0 Å². The first kappa shape index (κ1) is 26.8. The van der Waals surface area contributed by atoms with Crippen LogP contribution in [-0.2, 0) is 0 Å². The standard InChI is InChI=1S/2C18H22N4/c2*1-22-12-6-7-13(22)9-18(8-12)11-20-17(21-18)15-10-19-16-5-3-2-4-14(15)16/h2*2-5,10,12-13,19H,6-9,11H2,1H3,(H,20,21)/t2*12-,13+,18?. The van der Waals surface area contributed by atoms with Gasteiger partial charge in [0, 0.05) is 69.5 Å². The van der Waals surface area contributed by atoms with Gasteiger partial charge in [-0.1, -0.05) is 36.4 Å². The smallest absolute Gasteiger partial charge is 0.131 e. The Morgan fingerprint density at radius 2 is 0.977 bits per heavy atom. The van der Waals surface area contributed by atoms with E-state index in [-0.39, 0.29) is 11.1 Å². The predicted octanol–water partition coefficient (Wildman–Crippen LogP) is 5.03. The number of aromatic nitrogens is 2. The molecule has 6 aliphatic heterocycles. The van der Waals surface area contributed by atoms with Crippen LogP contribution in [0, 0.1) is 0 Å². The van der Waals surface area contributed by atoms with Crippen molar-refractivity contribution in [3.8, 4) is 0 Å². The number of rotatable bonds is 2. The summed E-state index contributed by atoms with van der Waals surface area (Å²) in [5, 5.41) is 10.2. The Morgan fingerprint density at radius 3 is 1.39 bits per heavy atom. The molecule has 4 aromatic rings. The molecule has 6 aliphatic rings. The topological polar surface area (TPSA) is 86.8 Å². The van der Waals surface area contributed by atoms with Gasteiger partial charge in [-0.15, -0.1) is 0 Å². The van der Waals surface area contributed by atoms with Crippen molar-refractivity contribution < 1.29 is 0 Å². The molecule has 228 valence electrons. The van der Waals surface area contributed by atoms with Crippen LogP contribution in [0.25, 0.3) is 21.8 Å². The summed E-state index contributed by atoms with van der Waals surface area (Å²) < 4.78 is 0. The van der Waals surface area contributed by atoms with Crippen LogP contribution in [0.4, 0.5) is 0 Å². The highest BCUT2D eigenvalue weighted by atomic mass is 15.3. The van der Waals surface area contributed by atoms with Crippen molar-refractivity contribution in [1.29, 1.82) is 0 Å². The highest BCUT2D eigenvalue weighted by Gasteiger charge is 2.50. The molecule has 2 aromatic heterocycles. The summed E-state index contributed by atoms with van der Waals surface area (Å²) in [5.74, 6) is 2.17. The molecule has 4 bridgehead atoms. The minimum atomic E-state index is 0.200. The maximum Gasteiger partial charge on any atom is 0.131 e. The van der Waals surface area contributed by atoms with Crippen molar-refractivity contribution >= 4 is 33.5 Å². The van der Waals surface area contributed by atoms with E-state index in [2.05, 4.69) is 105 Å². The molecule has 0 aliphatic carbocycles. The third-order valence-electron chi connectivity index (χ3n) is 12.0. The summed E-state index contributed by atoms with van der Waals surface area (Å²) in [7, 11) is 4.59. The molecule has 4 N–H and O–H groups in total. The Morgan fingerprint density at radius 1 is 0.591 bits per heavy atom. The lowest BCUT2D eigenvalue weighted by Crippen LogP contribution is -2.57. The van der Waals surface area contributed by atoms with Gasteiger partial charge in [0.1, 0.15) is 11.7 Å². The molecule has 8 nitrogen and oxygen atoms in total. The quantitative estimate of drug-likeness (QED) is 0.265. The highest BCUT2D eigenvalue weighted by Crippen LogP contribution is 2.43. The zero-order valence-electron chi connectivity index (χ0n) is 25.9. The summed E-state index contributed by atoms with van der Waals surface area (Å²) in [6.07, 6.45) is 14.5. The fourth-order valence-electron chi connectivity index (χ4n) is 9.56. The molecule has 0 amide bonds. The van der Waals surface area contributed by atoms with Crippen LogP contribution < -0.4 is 10.6 Å². The van der Waals surface area contributed by atoms with Crippen LogP contribution in [0.1, 0.15) is 62.5 Å². The highest BCUT2D eigenvalue weighted by molar-refractivity contribution is 6.11. The molecule has 6 atom stereocenters. The van der Waals surface area contributed by atoms with Crippen molar-refractivity contribution in [3.05, 3.63) is 72.1 Å². The normalized spacial score (nSPS) is 34.3. The van der Waals surface area contributed by atoms with Gasteiger partial charge in [0.05, 0.1) is 24.2 Å². The molecule has 4 fully saturated rings. The van der Waals surface area contributed by atoms with E-state index in [0.717, 1.165) is 48.9 Å². The number of benzene rings is 2. The number of fused-ring (bicyclic) bond motifs is 6. The number of para-hydroxylation sites is 2. The Kier molecular flexibility index (Phi) is 6.05. The maximum absolute atomic E-state index is 4.89. The van der Waals surface area contributed by atoms with Crippen LogP contribution >= 0.6 is 0 Å². The van der Waals surface area contributed by atoms with Crippen LogP contribution in [0.15, 0.2) is 70.9 Å². The SMILES string of the molecule is CN1[C@@H]2CC[C@H]1CC1(CN=C(c3c[nH]c4ccccc34)N1)C2.CN1[C@@H]2CC[C@H]1CC1(CN=C(c3c[nH]c4ccccc34)N1)C2. The molecule has 44 heavy (non-hydrogen) atoms. The number of aromatic amines is 2. The number of amidine groups is 2. The first-order valence-corrected chi connectivity index (χ1v) is 16.7. The van der Waals surface area contributed by atoms with E-state index in [1.165, 1.54) is 84.3 Å². The van der Waals surface area contributed by atoms with Gasteiger partial charge >= 0.3 is 0 Å². The second kappa shape index (κ2) is 9.94. The first-order valence-electron chi connectivity index (χ1n) is 16.7. The van der Waals surface area contributed by atoms with Gasteiger partial charge in [0.15, 0.2) is 0 Å². The van der Waals surface area contributed by atoms with E-state index in [1.807, 2.05) is 0 Å². The third kappa shape index (κ3) is 4.25. The molecule has 2 aromatic carbocycles. The lowest BCUT2D eigenvalue weighted by Gasteiger charge is -2.43. The second-order valence-electron chi connectivity index (χ2n) is 14.6. The van der Waals surface area contributed by atoms with Gasteiger partial charge in [0.25, 0.3) is 0 Å². The van der Waals surface area contributed by atoms with Crippen molar-refractivity contribution in [2.24, 2.45) is 9.98 Å². The number of piperidine rings is 2. The number of hydrogen-bond donors (Lipinski definition) is 4. The first-order chi connectivity index (χ1) is 21.5. The predicted molar refractivity (Wildman–Crippen MR) is 179 cm³/mol. The number of nitrogens with one attached hydrogen (secondary N) is 4. The Hall–Kier alpha value is -3.62. The van der Waals surface area contributed by atoms with E-state index in [1.54, 1.807) is 0 Å². The Balaban J connectivity index is 0.000000123. The van der Waals surface area contributed by atoms with Crippen LogP contribution in [-0.4, -0.2) is 93.9 Å². The van der Waals surface area contributed by atoms with Crippen molar-refractivity contribution in [1.82, 2.24) is 30.4 Å². The molecule has 2 unspecified atom stereocenters. The van der Waals surface area contributed by atoms with E-state index in [9.17, 15) is 0 Å². The minimum Gasteiger partial charge on any atom is -0.362 e. The molecular weight excluding hydrogens is 544 g/mol. The average molecular weight is 589 g/mol. The van der Waals surface area contributed by atoms with E-state index < -0.39 is 0 Å². The summed E-state index contributed by atoms with van der Waals surface area (Å²) >= 11 is 0. The van der Waals surface area contributed by atoms with Crippen LogP contribution in [0.5, 0.6) is 0 Å². The van der Waals surface area contributed by atoms with Crippen molar-refractivity contribution in [2.75, 3.05) is 27.2 Å². The third-order valence-corrected chi connectivity index (χ3v) is 12.0. The molecule has 8 heterocycles. The summed E-state index contributed by atoms with van der Waals surface area (Å²) in [6.45, 7) is 1.87. The van der Waals surface area contributed by atoms with Crippen molar-refractivity contribution in [2.45, 2.75) is 86.6 Å². The molecular formula is C36H44N8. The molecule has 4 saturated heterocycles. The second-order valence-corrected chi connectivity index (χ2v) is 14.6. The van der Waals surface area contributed by atoms with Crippen molar-refractivity contribution in [3.63, 3.8) is 0 Å². The van der Waals surface area contributed by atoms with Gasteiger partial charge in [-0.05, 0) is 77.6 Å². The van der Waals surface area contributed by atoms with E-state index in [0.29, 0.717) is 0 Å². The summed E-state index contributed by atoms with van der Waals surface area (Å²) in [4.78, 5) is 21.7. The number of nitrogens with zero attached hydrogens (tertiary/aromatic N) is 4. The monoisotopic (exact) mass is 588 g/mol. The van der Waals surface area contributed by atoms with Crippen LogP contribution in [0.2, 0.25) is 0 Å². The van der Waals surface area contributed by atoms with Gasteiger partial charge in [-0.25, -0.2) is 0 Å². The summed E-state index contributed by atoms with van der Waals surface area (Å²) in [5.41, 5.74) is 5.22. The van der Waals surface area contributed by atoms with Gasteiger partial charge < -0.3 is 30.4 Å². The van der Waals surface area contributed by atoms with E-state index >= 15 is 0 Å². The zero-order chi connectivity index (χ0) is 29.5. The summed E-state index contributed by atoms with van der Waals surface area (Å²) in [6, 6.07) is 19.9. The minimum absolute atomic E-state index is 0.200. The number of aliphatic imine (C=N–C) groups is 2. The number of hydrogen-bond acceptors (Lipinski definition) is 6. The molecule has 2 spiro atoms.